The Kier molecular flexibility index (Phi) is 7.02. The molecule has 2 aromatic carbocycles. The van der Waals surface area contributed by atoms with Gasteiger partial charge >= 0.3 is 0 Å². The summed E-state index contributed by atoms with van der Waals surface area (Å²) < 4.78 is 19.6. The molecule has 0 spiro atoms. The molecule has 0 aliphatic carbocycles. The molecule has 0 N–H and O–H groups in total. The van der Waals surface area contributed by atoms with E-state index >= 15 is 0 Å². The quantitative estimate of drug-likeness (QED) is 0.565. The average Bonchev–Trinajstić information content (AvgIpc) is 2.62. The van der Waals surface area contributed by atoms with Crippen molar-refractivity contribution >= 4 is 18.7 Å². The molecule has 0 radical (unpaired) electrons. The fourth-order valence-corrected chi connectivity index (χ4v) is 4.84. The molecule has 24 heavy (non-hydrogen) atoms. The number of allylic oxidation sites excluding steroid dienone is 1. The van der Waals surface area contributed by atoms with Crippen molar-refractivity contribution in [1.82, 2.24) is 0 Å². The maximum Gasteiger partial charge on any atom is 0.236 e. The topological polar surface area (TPSA) is 26.3 Å². The van der Waals surface area contributed by atoms with Crippen molar-refractivity contribution < 1.29 is 9.09 Å². The summed E-state index contributed by atoms with van der Waals surface area (Å²) in [6.45, 7) is 6.23. The van der Waals surface area contributed by atoms with Crippen LogP contribution >= 0.6 is 7.37 Å². The molecule has 2 aromatic rings. The van der Waals surface area contributed by atoms with Gasteiger partial charge in [-0.15, -0.1) is 0 Å². The molecule has 0 saturated heterocycles. The van der Waals surface area contributed by atoms with E-state index in [0.717, 1.165) is 23.7 Å². The highest BCUT2D eigenvalue weighted by Crippen LogP contribution is 2.48. The van der Waals surface area contributed by atoms with Crippen molar-refractivity contribution in [2.24, 2.45) is 0 Å². The first-order valence-corrected chi connectivity index (χ1v) is 10.4. The number of aryl methyl sites for hydroxylation is 1. The van der Waals surface area contributed by atoms with Crippen LogP contribution in [-0.2, 0) is 9.09 Å². The van der Waals surface area contributed by atoms with E-state index in [-0.39, 0.29) is 6.10 Å². The zero-order chi connectivity index (χ0) is 17.4. The van der Waals surface area contributed by atoms with Crippen LogP contribution in [0.3, 0.4) is 0 Å². The van der Waals surface area contributed by atoms with E-state index in [2.05, 4.69) is 32.9 Å². The molecule has 0 bridgehead atoms. The summed E-state index contributed by atoms with van der Waals surface area (Å²) in [4.78, 5) is 0. The van der Waals surface area contributed by atoms with Crippen LogP contribution in [0.5, 0.6) is 0 Å². The Morgan fingerprint density at radius 2 is 1.62 bits per heavy atom. The van der Waals surface area contributed by atoms with Gasteiger partial charge in [0.25, 0.3) is 0 Å². The van der Waals surface area contributed by atoms with Crippen molar-refractivity contribution in [2.45, 2.75) is 39.7 Å². The van der Waals surface area contributed by atoms with Gasteiger partial charge in [-0.1, -0.05) is 68.5 Å². The van der Waals surface area contributed by atoms with E-state index in [4.69, 9.17) is 4.52 Å². The van der Waals surface area contributed by atoms with E-state index in [9.17, 15) is 4.57 Å². The van der Waals surface area contributed by atoms with Gasteiger partial charge in [-0.3, -0.25) is 4.57 Å². The molecule has 0 aliphatic heterocycles. The predicted molar refractivity (Wildman–Crippen MR) is 104 cm³/mol. The van der Waals surface area contributed by atoms with Gasteiger partial charge in [0.15, 0.2) is 0 Å². The molecule has 0 aliphatic rings. The van der Waals surface area contributed by atoms with E-state index in [0.29, 0.717) is 6.16 Å². The average molecular weight is 342 g/mol. The minimum atomic E-state index is -2.90. The molecule has 0 aromatic heterocycles. The summed E-state index contributed by atoms with van der Waals surface area (Å²) >= 11 is 0. The van der Waals surface area contributed by atoms with E-state index in [1.807, 2.05) is 54.6 Å². The van der Waals surface area contributed by atoms with Crippen LogP contribution in [0.15, 0.2) is 60.7 Å². The molecule has 0 unspecified atom stereocenters. The zero-order valence-electron chi connectivity index (χ0n) is 14.8. The second-order valence-corrected chi connectivity index (χ2v) is 8.43. The van der Waals surface area contributed by atoms with E-state index in [1.165, 1.54) is 5.56 Å². The van der Waals surface area contributed by atoms with Gasteiger partial charge in [-0.05, 0) is 43.0 Å². The fraction of sp³-hybridized carbons (Fsp3) is 0.333. The second-order valence-electron chi connectivity index (χ2n) is 5.99. The summed E-state index contributed by atoms with van der Waals surface area (Å²) in [5.41, 5.74) is 2.36. The Bertz CT molecular complexity index is 703. The van der Waals surface area contributed by atoms with Crippen LogP contribution in [0.2, 0.25) is 0 Å². The third-order valence-corrected chi connectivity index (χ3v) is 6.63. The Hall–Kier alpha value is -1.63. The van der Waals surface area contributed by atoms with Gasteiger partial charge in [0.2, 0.25) is 7.37 Å². The number of hydrogen-bond acceptors (Lipinski definition) is 2. The lowest BCUT2D eigenvalue weighted by Crippen LogP contribution is -2.16. The molecule has 128 valence electrons. The highest BCUT2D eigenvalue weighted by Gasteiger charge is 2.27. The van der Waals surface area contributed by atoms with Gasteiger partial charge in [0.05, 0.1) is 6.10 Å². The Morgan fingerprint density at radius 3 is 2.25 bits per heavy atom. The minimum Gasteiger partial charge on any atom is -0.322 e. The lowest BCUT2D eigenvalue weighted by Gasteiger charge is -2.23. The first-order valence-electron chi connectivity index (χ1n) is 8.64. The SMILES string of the molecule is CCC(CC)O[P@](=O)(C/C=C/c1ccccc1C)c1ccccc1. The summed E-state index contributed by atoms with van der Waals surface area (Å²) in [6, 6.07) is 17.8. The third kappa shape index (κ3) is 4.93. The summed E-state index contributed by atoms with van der Waals surface area (Å²) in [7, 11) is -2.90. The highest BCUT2D eigenvalue weighted by atomic mass is 31.2. The van der Waals surface area contributed by atoms with Gasteiger partial charge in [0, 0.05) is 11.5 Å². The van der Waals surface area contributed by atoms with Gasteiger partial charge in [0.1, 0.15) is 0 Å². The first-order chi connectivity index (χ1) is 11.6. The standard InChI is InChI=1S/C21H27O2P/c1-4-20(5-2)23-24(22,21-15-7-6-8-16-21)17-11-14-19-13-10-9-12-18(19)3/h6-16,20H,4-5,17H2,1-3H3/b14-11+/t24-/m1/s1. The zero-order valence-corrected chi connectivity index (χ0v) is 15.7. The summed E-state index contributed by atoms with van der Waals surface area (Å²) in [5, 5.41) is 0.798. The first kappa shape index (κ1) is 18.7. The molecule has 0 fully saturated rings. The lowest BCUT2D eigenvalue weighted by atomic mass is 10.1. The maximum atomic E-state index is 13.5. The summed E-state index contributed by atoms with van der Waals surface area (Å²) in [5.74, 6) is 0. The largest absolute Gasteiger partial charge is 0.322 e. The van der Waals surface area contributed by atoms with Gasteiger partial charge in [-0.25, -0.2) is 0 Å². The van der Waals surface area contributed by atoms with Crippen LogP contribution in [0.25, 0.3) is 6.08 Å². The van der Waals surface area contributed by atoms with Crippen LogP contribution < -0.4 is 5.30 Å². The number of rotatable bonds is 8. The van der Waals surface area contributed by atoms with Crippen LogP contribution in [0.4, 0.5) is 0 Å². The smallest absolute Gasteiger partial charge is 0.236 e. The molecule has 0 saturated carbocycles. The highest BCUT2D eigenvalue weighted by molar-refractivity contribution is 7.67. The van der Waals surface area contributed by atoms with Crippen LogP contribution in [0, 0.1) is 6.92 Å². The number of hydrogen-bond donors (Lipinski definition) is 0. The molecular weight excluding hydrogens is 315 g/mol. The van der Waals surface area contributed by atoms with Crippen LogP contribution in [0.1, 0.15) is 37.8 Å². The molecule has 2 rings (SSSR count). The van der Waals surface area contributed by atoms with Gasteiger partial charge in [-0.2, -0.15) is 0 Å². The van der Waals surface area contributed by atoms with Crippen molar-refractivity contribution in [3.8, 4) is 0 Å². The minimum absolute atomic E-state index is 0.0305. The molecule has 0 heterocycles. The second kappa shape index (κ2) is 9.01. The predicted octanol–water partition coefficient (Wildman–Crippen LogP) is 5.82. The molecule has 3 heteroatoms. The van der Waals surface area contributed by atoms with Crippen molar-refractivity contribution in [1.29, 1.82) is 0 Å². The van der Waals surface area contributed by atoms with Crippen molar-refractivity contribution in [2.75, 3.05) is 6.16 Å². The third-order valence-electron chi connectivity index (χ3n) is 4.21. The summed E-state index contributed by atoms with van der Waals surface area (Å²) in [6.07, 6.45) is 6.22. The number of benzene rings is 2. The van der Waals surface area contributed by atoms with Crippen molar-refractivity contribution in [3.63, 3.8) is 0 Å². The van der Waals surface area contributed by atoms with Gasteiger partial charge < -0.3 is 4.52 Å². The Balaban J connectivity index is 2.23. The van der Waals surface area contributed by atoms with E-state index in [1.54, 1.807) is 0 Å². The monoisotopic (exact) mass is 342 g/mol. The van der Waals surface area contributed by atoms with Crippen LogP contribution in [-0.4, -0.2) is 12.3 Å². The molecule has 0 amide bonds. The van der Waals surface area contributed by atoms with E-state index < -0.39 is 7.37 Å². The lowest BCUT2D eigenvalue weighted by molar-refractivity contribution is 0.200. The Morgan fingerprint density at radius 1 is 1.00 bits per heavy atom. The maximum absolute atomic E-state index is 13.5. The molecular formula is C21H27O2P. The molecule has 1 atom stereocenters. The molecule has 2 nitrogen and oxygen atoms in total. The Labute approximate surface area is 146 Å². The normalized spacial score (nSPS) is 14.2. The fourth-order valence-electron chi connectivity index (χ4n) is 2.64. The van der Waals surface area contributed by atoms with Crippen molar-refractivity contribution in [3.05, 3.63) is 71.8 Å².